The Morgan fingerprint density at radius 3 is 2.19 bits per heavy atom. The third-order valence-electron chi connectivity index (χ3n) is 1.81. The number of carbonyl (C=O) groups excluding carboxylic acids is 1. The van der Waals surface area contributed by atoms with E-state index in [-0.39, 0.29) is 11.8 Å². The number of halogens is 3. The van der Waals surface area contributed by atoms with E-state index in [1.807, 2.05) is 20.8 Å². The lowest BCUT2D eigenvalue weighted by molar-refractivity contribution is -0.138. The molecule has 0 fully saturated rings. The van der Waals surface area contributed by atoms with Crippen molar-refractivity contribution in [2.45, 2.75) is 45.8 Å². The van der Waals surface area contributed by atoms with Crippen molar-refractivity contribution < 1.29 is 18.0 Å². The van der Waals surface area contributed by atoms with Crippen molar-refractivity contribution in [2.75, 3.05) is 6.54 Å². The van der Waals surface area contributed by atoms with E-state index in [4.69, 9.17) is 5.73 Å². The Kier molecular flexibility index (Phi) is 5.25. The van der Waals surface area contributed by atoms with Gasteiger partial charge in [0.2, 0.25) is 5.91 Å². The molecule has 0 heterocycles. The molecular weight excluding hydrogens is 221 g/mol. The summed E-state index contributed by atoms with van der Waals surface area (Å²) in [5, 5.41) is 1.80. The average Bonchev–Trinajstić information content (AvgIpc) is 1.95. The van der Waals surface area contributed by atoms with Crippen LogP contribution in [0, 0.1) is 5.41 Å². The van der Waals surface area contributed by atoms with Crippen LogP contribution in [0.15, 0.2) is 0 Å². The first kappa shape index (κ1) is 15.2. The highest BCUT2D eigenvalue weighted by molar-refractivity contribution is 5.76. The fourth-order valence-corrected chi connectivity index (χ4v) is 1.37. The van der Waals surface area contributed by atoms with Crippen molar-refractivity contribution in [2.24, 2.45) is 11.1 Å². The maximum atomic E-state index is 11.8. The predicted molar refractivity (Wildman–Crippen MR) is 55.7 cm³/mol. The second-order valence-electron chi connectivity index (χ2n) is 5.12. The summed E-state index contributed by atoms with van der Waals surface area (Å²) in [7, 11) is 0. The molecule has 1 unspecified atom stereocenters. The monoisotopic (exact) mass is 240 g/mol. The molecule has 1 atom stereocenters. The molecule has 0 radical (unpaired) electrons. The van der Waals surface area contributed by atoms with Crippen molar-refractivity contribution in [3.63, 3.8) is 0 Å². The molecular formula is C10H19F3N2O. The molecule has 3 N–H and O–H groups in total. The first-order valence-electron chi connectivity index (χ1n) is 5.09. The summed E-state index contributed by atoms with van der Waals surface area (Å²) in [6.45, 7) is 4.58. The minimum absolute atomic E-state index is 0.0380. The zero-order valence-electron chi connectivity index (χ0n) is 9.82. The summed E-state index contributed by atoms with van der Waals surface area (Å²) < 4.78 is 35.3. The van der Waals surface area contributed by atoms with Gasteiger partial charge < -0.3 is 11.1 Å². The highest BCUT2D eigenvalue weighted by atomic mass is 19.4. The van der Waals surface area contributed by atoms with Gasteiger partial charge in [-0.2, -0.15) is 13.2 Å². The van der Waals surface area contributed by atoms with Crippen LogP contribution in [0.3, 0.4) is 0 Å². The van der Waals surface area contributed by atoms with Crippen molar-refractivity contribution in [3.8, 4) is 0 Å². The van der Waals surface area contributed by atoms with E-state index in [2.05, 4.69) is 0 Å². The van der Waals surface area contributed by atoms with E-state index < -0.39 is 24.7 Å². The Morgan fingerprint density at radius 1 is 1.31 bits per heavy atom. The lowest BCUT2D eigenvalue weighted by atomic mass is 9.87. The Bertz CT molecular complexity index is 233. The zero-order chi connectivity index (χ0) is 13.0. The van der Waals surface area contributed by atoms with Gasteiger partial charge in [-0.05, 0) is 11.8 Å². The lowest BCUT2D eigenvalue weighted by Gasteiger charge is -2.22. The highest BCUT2D eigenvalue weighted by Gasteiger charge is 2.28. The van der Waals surface area contributed by atoms with E-state index in [1.54, 1.807) is 5.32 Å². The molecule has 0 spiro atoms. The second-order valence-corrected chi connectivity index (χ2v) is 5.12. The van der Waals surface area contributed by atoms with Crippen LogP contribution in [0.25, 0.3) is 0 Å². The number of carbonyl (C=O) groups is 1. The summed E-state index contributed by atoms with van der Waals surface area (Å²) >= 11 is 0. The van der Waals surface area contributed by atoms with Gasteiger partial charge in [0.1, 0.15) is 6.54 Å². The third kappa shape index (κ3) is 9.76. The van der Waals surface area contributed by atoms with Crippen LogP contribution in [-0.2, 0) is 4.79 Å². The van der Waals surface area contributed by atoms with Crippen LogP contribution >= 0.6 is 0 Å². The van der Waals surface area contributed by atoms with Gasteiger partial charge in [-0.25, -0.2) is 0 Å². The molecule has 0 aromatic carbocycles. The maximum absolute atomic E-state index is 11.8. The van der Waals surface area contributed by atoms with Gasteiger partial charge in [0, 0.05) is 12.5 Å². The molecule has 0 bridgehead atoms. The number of hydrogen-bond acceptors (Lipinski definition) is 2. The molecule has 1 amide bonds. The fourth-order valence-electron chi connectivity index (χ4n) is 1.37. The van der Waals surface area contributed by atoms with Crippen LogP contribution in [0.5, 0.6) is 0 Å². The Hall–Kier alpha value is -0.780. The summed E-state index contributed by atoms with van der Waals surface area (Å²) in [4.78, 5) is 11.1. The van der Waals surface area contributed by atoms with Crippen molar-refractivity contribution in [1.29, 1.82) is 0 Å². The van der Waals surface area contributed by atoms with Gasteiger partial charge in [0.25, 0.3) is 0 Å². The highest BCUT2D eigenvalue weighted by Crippen LogP contribution is 2.21. The summed E-state index contributed by atoms with van der Waals surface area (Å²) in [6, 6.07) is -0.409. The zero-order valence-corrected chi connectivity index (χ0v) is 9.82. The number of nitrogens with two attached hydrogens (primary N) is 1. The molecule has 3 nitrogen and oxygen atoms in total. The first-order valence-corrected chi connectivity index (χ1v) is 5.09. The van der Waals surface area contributed by atoms with E-state index >= 15 is 0 Å². The van der Waals surface area contributed by atoms with Crippen LogP contribution in [-0.4, -0.2) is 24.7 Å². The number of hydrogen-bond donors (Lipinski definition) is 2. The molecule has 0 saturated carbocycles. The molecule has 0 aliphatic heterocycles. The van der Waals surface area contributed by atoms with E-state index in [1.165, 1.54) is 0 Å². The van der Waals surface area contributed by atoms with Crippen LogP contribution in [0.1, 0.15) is 33.6 Å². The Labute approximate surface area is 93.6 Å². The number of rotatable bonds is 4. The molecule has 0 aromatic rings. The minimum Gasteiger partial charge on any atom is -0.347 e. The molecule has 0 aliphatic rings. The largest absolute Gasteiger partial charge is 0.405 e. The normalized spacial score (nSPS) is 14.7. The summed E-state index contributed by atoms with van der Waals surface area (Å²) in [6.07, 6.45) is -3.86. The molecule has 96 valence electrons. The maximum Gasteiger partial charge on any atom is 0.405 e. The van der Waals surface area contributed by atoms with E-state index in [0.29, 0.717) is 6.42 Å². The molecule has 16 heavy (non-hydrogen) atoms. The van der Waals surface area contributed by atoms with Crippen LogP contribution in [0.4, 0.5) is 13.2 Å². The topological polar surface area (TPSA) is 55.1 Å². The standard InChI is InChI=1S/C10H19F3N2O/c1-9(2,3)5-7(14)4-8(16)15-6-10(11,12)13/h7H,4-6,14H2,1-3H3,(H,15,16). The molecule has 0 rings (SSSR count). The third-order valence-corrected chi connectivity index (χ3v) is 1.81. The SMILES string of the molecule is CC(C)(C)CC(N)CC(=O)NCC(F)(F)F. The average molecular weight is 240 g/mol. The molecule has 0 aliphatic carbocycles. The van der Waals surface area contributed by atoms with Crippen molar-refractivity contribution in [3.05, 3.63) is 0 Å². The Morgan fingerprint density at radius 2 is 1.81 bits per heavy atom. The van der Waals surface area contributed by atoms with Crippen molar-refractivity contribution >= 4 is 5.91 Å². The summed E-state index contributed by atoms with van der Waals surface area (Å²) in [5.74, 6) is -0.658. The van der Waals surface area contributed by atoms with Crippen molar-refractivity contribution in [1.82, 2.24) is 5.32 Å². The van der Waals surface area contributed by atoms with Gasteiger partial charge in [-0.3, -0.25) is 4.79 Å². The van der Waals surface area contributed by atoms with E-state index in [9.17, 15) is 18.0 Å². The van der Waals surface area contributed by atoms with Crippen LogP contribution < -0.4 is 11.1 Å². The first-order chi connectivity index (χ1) is 6.99. The van der Waals surface area contributed by atoms with Gasteiger partial charge in [0.05, 0.1) is 0 Å². The number of alkyl halides is 3. The molecule has 0 saturated heterocycles. The quantitative estimate of drug-likeness (QED) is 0.787. The van der Waals surface area contributed by atoms with E-state index in [0.717, 1.165) is 0 Å². The number of nitrogens with one attached hydrogen (secondary N) is 1. The number of amides is 1. The molecule has 0 aromatic heterocycles. The molecule has 6 heteroatoms. The summed E-state index contributed by atoms with van der Waals surface area (Å²) in [5.41, 5.74) is 5.62. The smallest absolute Gasteiger partial charge is 0.347 e. The minimum atomic E-state index is -4.37. The predicted octanol–water partition coefficient (Wildman–Crippen LogP) is 1.82. The van der Waals surface area contributed by atoms with Gasteiger partial charge >= 0.3 is 6.18 Å². The van der Waals surface area contributed by atoms with Gasteiger partial charge in [-0.15, -0.1) is 0 Å². The second kappa shape index (κ2) is 5.52. The fraction of sp³-hybridized carbons (Fsp3) is 0.900. The van der Waals surface area contributed by atoms with Gasteiger partial charge in [0.15, 0.2) is 0 Å². The lowest BCUT2D eigenvalue weighted by Crippen LogP contribution is -2.38. The van der Waals surface area contributed by atoms with Crippen LogP contribution in [0.2, 0.25) is 0 Å². The van der Waals surface area contributed by atoms with Gasteiger partial charge in [-0.1, -0.05) is 20.8 Å². The Balaban J connectivity index is 3.88.